The maximum Gasteiger partial charge on any atom is 0.248 e. The Balaban J connectivity index is 1.60. The highest BCUT2D eigenvalue weighted by atomic mass is 35.5. The van der Waals surface area contributed by atoms with E-state index in [9.17, 15) is 13.2 Å². The van der Waals surface area contributed by atoms with Gasteiger partial charge in [-0.25, -0.2) is 8.42 Å². The van der Waals surface area contributed by atoms with Crippen molar-refractivity contribution in [3.8, 4) is 0 Å². The molecule has 4 rings (SSSR count). The molecule has 2 heterocycles. The van der Waals surface area contributed by atoms with Crippen molar-refractivity contribution in [2.75, 3.05) is 16.4 Å². The third-order valence-electron chi connectivity index (χ3n) is 5.96. The maximum absolute atomic E-state index is 12.6. The molecule has 152 valence electrons. The smallest absolute Gasteiger partial charge is 0.248 e. The summed E-state index contributed by atoms with van der Waals surface area (Å²) in [5.74, 6) is 0.762. The molecule has 1 aromatic carbocycles. The van der Waals surface area contributed by atoms with Crippen LogP contribution < -0.4 is 4.90 Å². The highest BCUT2D eigenvalue weighted by Crippen LogP contribution is 2.42. The number of nitrogens with zero attached hydrogens (tertiary/aromatic N) is 2. The summed E-state index contributed by atoms with van der Waals surface area (Å²) in [5.41, 5.74) is 1.83. The van der Waals surface area contributed by atoms with Gasteiger partial charge in [0.25, 0.3) is 0 Å². The second-order valence-corrected chi connectivity index (χ2v) is 11.9. The summed E-state index contributed by atoms with van der Waals surface area (Å²) in [6, 6.07) is 5.37. The Kier molecular flexibility index (Phi) is 5.78. The molecule has 0 N–H and O–H groups in total. The maximum atomic E-state index is 12.6. The standard InChI is InChI=1S/C20H25ClN2O3S2/c1-13-6-8-15(21)10-16(13)23-17-11-28(25,26)12-18(17)27-20(23)22-19(24)9-7-14-4-2-3-5-14/h6,8,10,14,17-18H,2-5,7,9,11-12H2,1H3/t17-,18+/m1/s1. The zero-order valence-electron chi connectivity index (χ0n) is 15.9. The number of anilines is 1. The number of aryl methyl sites for hydroxylation is 1. The summed E-state index contributed by atoms with van der Waals surface area (Å²) in [4.78, 5) is 18.9. The van der Waals surface area contributed by atoms with Crippen molar-refractivity contribution in [2.24, 2.45) is 10.9 Å². The molecule has 5 nitrogen and oxygen atoms in total. The first-order valence-electron chi connectivity index (χ1n) is 9.86. The van der Waals surface area contributed by atoms with E-state index in [1.54, 1.807) is 0 Å². The fraction of sp³-hybridized carbons (Fsp3) is 0.600. The van der Waals surface area contributed by atoms with Crippen LogP contribution in [0.2, 0.25) is 5.02 Å². The van der Waals surface area contributed by atoms with Crippen LogP contribution in [-0.4, -0.2) is 42.3 Å². The van der Waals surface area contributed by atoms with Crippen molar-refractivity contribution >= 4 is 50.0 Å². The first-order valence-corrected chi connectivity index (χ1v) is 12.9. The number of sulfone groups is 1. The first-order chi connectivity index (χ1) is 13.3. The minimum atomic E-state index is -3.08. The van der Waals surface area contributed by atoms with E-state index in [2.05, 4.69) is 4.99 Å². The van der Waals surface area contributed by atoms with Crippen LogP contribution in [0, 0.1) is 12.8 Å². The van der Waals surface area contributed by atoms with E-state index < -0.39 is 9.84 Å². The van der Waals surface area contributed by atoms with Crippen molar-refractivity contribution in [1.82, 2.24) is 0 Å². The molecule has 0 bridgehead atoms. The number of amidine groups is 1. The van der Waals surface area contributed by atoms with Gasteiger partial charge in [0.2, 0.25) is 5.91 Å². The zero-order valence-corrected chi connectivity index (χ0v) is 18.3. The molecule has 2 atom stereocenters. The second kappa shape index (κ2) is 8.00. The Morgan fingerprint density at radius 2 is 2.04 bits per heavy atom. The van der Waals surface area contributed by atoms with Crippen LogP contribution in [0.25, 0.3) is 0 Å². The highest BCUT2D eigenvalue weighted by Gasteiger charge is 2.49. The molecule has 1 aliphatic carbocycles. The number of fused-ring (bicyclic) bond motifs is 1. The lowest BCUT2D eigenvalue weighted by molar-refractivity contribution is -0.118. The van der Waals surface area contributed by atoms with Gasteiger partial charge in [0.1, 0.15) is 0 Å². The average Bonchev–Trinajstić information content (AvgIpc) is 3.30. The number of amides is 1. The molecular weight excluding hydrogens is 416 g/mol. The van der Waals surface area contributed by atoms with Gasteiger partial charge in [-0.05, 0) is 37.0 Å². The topological polar surface area (TPSA) is 66.8 Å². The van der Waals surface area contributed by atoms with Crippen LogP contribution in [0.15, 0.2) is 23.2 Å². The van der Waals surface area contributed by atoms with Crippen molar-refractivity contribution in [3.63, 3.8) is 0 Å². The molecule has 2 saturated heterocycles. The van der Waals surface area contributed by atoms with Gasteiger partial charge in [0.05, 0.1) is 17.5 Å². The number of hydrogen-bond acceptors (Lipinski definition) is 4. The zero-order chi connectivity index (χ0) is 19.9. The van der Waals surface area contributed by atoms with Crippen LogP contribution >= 0.6 is 23.4 Å². The van der Waals surface area contributed by atoms with Gasteiger partial charge in [-0.15, -0.1) is 0 Å². The number of benzene rings is 1. The van der Waals surface area contributed by atoms with E-state index in [0.29, 0.717) is 22.5 Å². The first kappa shape index (κ1) is 20.2. The molecule has 0 aromatic heterocycles. The number of hydrogen-bond donors (Lipinski definition) is 0. The van der Waals surface area contributed by atoms with Crippen LogP contribution in [0.5, 0.6) is 0 Å². The van der Waals surface area contributed by atoms with E-state index in [1.165, 1.54) is 37.4 Å². The van der Waals surface area contributed by atoms with Crippen molar-refractivity contribution in [2.45, 2.75) is 56.7 Å². The Morgan fingerprint density at radius 3 is 2.79 bits per heavy atom. The van der Waals surface area contributed by atoms with Crippen molar-refractivity contribution in [1.29, 1.82) is 0 Å². The van der Waals surface area contributed by atoms with Gasteiger partial charge in [0.15, 0.2) is 15.0 Å². The van der Waals surface area contributed by atoms with Gasteiger partial charge in [-0.3, -0.25) is 4.79 Å². The Labute approximate surface area is 175 Å². The van der Waals surface area contributed by atoms with Crippen LogP contribution in [0.3, 0.4) is 0 Å². The van der Waals surface area contributed by atoms with E-state index >= 15 is 0 Å². The number of halogens is 1. The Bertz CT molecular complexity index is 910. The molecule has 1 aromatic rings. The van der Waals surface area contributed by atoms with Crippen molar-refractivity contribution < 1.29 is 13.2 Å². The van der Waals surface area contributed by atoms with Crippen LogP contribution in [-0.2, 0) is 14.6 Å². The molecule has 3 fully saturated rings. The molecule has 1 saturated carbocycles. The molecule has 28 heavy (non-hydrogen) atoms. The largest absolute Gasteiger partial charge is 0.315 e. The number of carbonyl (C=O) groups is 1. The summed E-state index contributed by atoms with van der Waals surface area (Å²) in [7, 11) is -3.08. The third-order valence-corrected chi connectivity index (χ3v) is 9.40. The molecule has 3 aliphatic rings. The minimum absolute atomic E-state index is 0.0892. The predicted octanol–water partition coefficient (Wildman–Crippen LogP) is 4.22. The van der Waals surface area contributed by atoms with E-state index in [-0.39, 0.29) is 28.7 Å². The Hall–Kier alpha value is -1.05. The predicted molar refractivity (Wildman–Crippen MR) is 116 cm³/mol. The monoisotopic (exact) mass is 440 g/mol. The molecule has 1 amide bonds. The molecule has 0 radical (unpaired) electrons. The summed E-state index contributed by atoms with van der Waals surface area (Å²) in [5, 5.41) is 1.11. The van der Waals surface area contributed by atoms with Gasteiger partial charge in [-0.1, -0.05) is 55.1 Å². The van der Waals surface area contributed by atoms with Crippen molar-refractivity contribution in [3.05, 3.63) is 28.8 Å². The fourth-order valence-electron chi connectivity index (χ4n) is 4.48. The van der Waals surface area contributed by atoms with Gasteiger partial charge in [0, 0.05) is 22.4 Å². The molecule has 8 heteroatoms. The summed E-state index contributed by atoms with van der Waals surface area (Å²) >= 11 is 7.63. The number of rotatable bonds is 4. The van der Waals surface area contributed by atoms with Gasteiger partial charge in [-0.2, -0.15) is 4.99 Å². The quantitative estimate of drug-likeness (QED) is 0.701. The molecular formula is C20H25ClN2O3S2. The van der Waals surface area contributed by atoms with Gasteiger partial charge >= 0.3 is 0 Å². The molecule has 0 unspecified atom stereocenters. The lowest BCUT2D eigenvalue weighted by atomic mass is 10.0. The number of carbonyl (C=O) groups excluding carboxylic acids is 1. The van der Waals surface area contributed by atoms with E-state index in [0.717, 1.165) is 17.7 Å². The van der Waals surface area contributed by atoms with Crippen LogP contribution in [0.1, 0.15) is 44.1 Å². The lowest BCUT2D eigenvalue weighted by Crippen LogP contribution is -2.38. The lowest BCUT2D eigenvalue weighted by Gasteiger charge is -2.26. The summed E-state index contributed by atoms with van der Waals surface area (Å²) in [6.45, 7) is 1.96. The second-order valence-electron chi connectivity index (χ2n) is 8.08. The fourth-order valence-corrected chi connectivity index (χ4v) is 8.57. The molecule has 2 aliphatic heterocycles. The SMILES string of the molecule is Cc1ccc(Cl)cc1N1C(=NC(=O)CCC2CCCC2)S[C@H]2CS(=O)(=O)C[C@H]21. The highest BCUT2D eigenvalue weighted by molar-refractivity contribution is 8.16. The third kappa shape index (κ3) is 4.26. The van der Waals surface area contributed by atoms with E-state index in [1.807, 2.05) is 30.0 Å². The number of aliphatic imine (C=N–C) groups is 1. The Morgan fingerprint density at radius 1 is 1.29 bits per heavy atom. The van der Waals surface area contributed by atoms with Crippen LogP contribution in [0.4, 0.5) is 5.69 Å². The number of thioether (sulfide) groups is 1. The van der Waals surface area contributed by atoms with E-state index in [4.69, 9.17) is 11.6 Å². The minimum Gasteiger partial charge on any atom is -0.315 e. The normalized spacial score (nSPS) is 28.2. The summed E-state index contributed by atoms with van der Waals surface area (Å²) < 4.78 is 24.4. The van der Waals surface area contributed by atoms with Gasteiger partial charge < -0.3 is 4.90 Å². The summed E-state index contributed by atoms with van der Waals surface area (Å²) in [6.07, 6.45) is 6.33. The molecule has 0 spiro atoms. The average molecular weight is 441 g/mol.